The highest BCUT2D eigenvalue weighted by Gasteiger charge is 2.39. The molecule has 1 fully saturated rings. The molecule has 0 bridgehead atoms. The third kappa shape index (κ3) is 2.80. The van der Waals surface area contributed by atoms with Gasteiger partial charge in [-0.1, -0.05) is 30.7 Å². The van der Waals surface area contributed by atoms with E-state index >= 15 is 0 Å². The van der Waals surface area contributed by atoms with Gasteiger partial charge in [-0.05, 0) is 37.6 Å². The van der Waals surface area contributed by atoms with Crippen molar-refractivity contribution in [1.82, 2.24) is 4.90 Å². The van der Waals surface area contributed by atoms with Gasteiger partial charge in [0.2, 0.25) is 0 Å². The van der Waals surface area contributed by atoms with Crippen molar-refractivity contribution in [3.8, 4) is 0 Å². The number of rotatable bonds is 2. The Hall–Kier alpha value is -0.600. The van der Waals surface area contributed by atoms with Gasteiger partial charge in [0.25, 0.3) is 0 Å². The second-order valence-electron chi connectivity index (χ2n) is 5.11. The van der Waals surface area contributed by atoms with Crippen molar-refractivity contribution in [2.45, 2.75) is 31.4 Å². The van der Waals surface area contributed by atoms with Crippen LogP contribution in [0.5, 0.6) is 0 Å². The Morgan fingerprint density at radius 2 is 2.00 bits per heavy atom. The fourth-order valence-electron chi connectivity index (χ4n) is 2.50. The van der Waals surface area contributed by atoms with Crippen molar-refractivity contribution >= 4 is 11.6 Å². The minimum absolute atomic E-state index is 0.0881. The van der Waals surface area contributed by atoms with Crippen LogP contribution in [0, 0.1) is 0 Å². The molecule has 0 saturated carbocycles. The summed E-state index contributed by atoms with van der Waals surface area (Å²) in [5.74, 6) is -0.0881. The largest absolute Gasteiger partial charge is 0.306 e. The summed E-state index contributed by atoms with van der Waals surface area (Å²) in [4.78, 5) is 2.18. The predicted octanol–water partition coefficient (Wildman–Crippen LogP) is 3.88. The molecule has 0 radical (unpaired) electrons. The molecule has 0 aliphatic carbocycles. The third-order valence-corrected chi connectivity index (χ3v) is 4.18. The van der Waals surface area contributed by atoms with E-state index in [2.05, 4.69) is 4.90 Å². The first-order chi connectivity index (χ1) is 8.01. The number of halogens is 2. The fraction of sp³-hybridized carbons (Fsp3) is 0.571. The topological polar surface area (TPSA) is 3.24 Å². The summed E-state index contributed by atoms with van der Waals surface area (Å²) in [7, 11) is 2.05. The van der Waals surface area contributed by atoms with E-state index in [4.69, 9.17) is 11.6 Å². The zero-order chi connectivity index (χ0) is 12.5. The van der Waals surface area contributed by atoms with E-state index in [9.17, 15) is 4.39 Å². The molecular weight excluding hydrogens is 237 g/mol. The Balaban J connectivity index is 2.16. The molecule has 2 rings (SSSR count). The molecule has 3 heteroatoms. The third-order valence-electron chi connectivity index (χ3n) is 3.94. The maximum atomic E-state index is 14.9. The van der Waals surface area contributed by atoms with Crippen LogP contribution in [-0.4, -0.2) is 30.7 Å². The van der Waals surface area contributed by atoms with Crippen LogP contribution in [0.15, 0.2) is 24.3 Å². The molecule has 94 valence electrons. The van der Waals surface area contributed by atoms with Gasteiger partial charge in [-0.25, -0.2) is 4.39 Å². The average molecular weight is 256 g/mol. The smallest absolute Gasteiger partial charge is 0.120 e. The molecule has 1 aromatic rings. The van der Waals surface area contributed by atoms with Crippen molar-refractivity contribution in [3.05, 3.63) is 34.9 Å². The fourth-order valence-corrected chi connectivity index (χ4v) is 2.70. The van der Waals surface area contributed by atoms with Gasteiger partial charge in [0.1, 0.15) is 5.67 Å². The van der Waals surface area contributed by atoms with Crippen molar-refractivity contribution in [3.63, 3.8) is 0 Å². The lowest BCUT2D eigenvalue weighted by molar-refractivity contribution is 0.0482. The lowest BCUT2D eigenvalue weighted by atomic mass is 9.78. The molecule has 1 nitrogen and oxygen atoms in total. The first-order valence-electron chi connectivity index (χ1n) is 6.14. The number of piperidine rings is 1. The molecule has 0 spiro atoms. The number of nitrogens with zero attached hydrogens (tertiary/aromatic N) is 1. The van der Waals surface area contributed by atoms with E-state index in [-0.39, 0.29) is 5.92 Å². The molecule has 1 saturated heterocycles. The van der Waals surface area contributed by atoms with Gasteiger partial charge >= 0.3 is 0 Å². The standard InChI is InChI=1S/C14H19ClFN/c1-11(12-4-3-5-13(15)10-12)14(16)6-8-17(2)9-7-14/h3-5,10-11H,6-9H2,1-2H3. The molecule has 17 heavy (non-hydrogen) atoms. The Morgan fingerprint density at radius 3 is 2.59 bits per heavy atom. The molecule has 0 aromatic heterocycles. The summed E-state index contributed by atoms with van der Waals surface area (Å²) in [5.41, 5.74) is -0.0819. The number of hydrogen-bond acceptors (Lipinski definition) is 1. The van der Waals surface area contributed by atoms with Crippen molar-refractivity contribution < 1.29 is 4.39 Å². The molecule has 1 atom stereocenters. The summed E-state index contributed by atoms with van der Waals surface area (Å²) >= 11 is 5.97. The quantitative estimate of drug-likeness (QED) is 0.775. The van der Waals surface area contributed by atoms with Crippen LogP contribution < -0.4 is 0 Å². The van der Waals surface area contributed by atoms with Crippen LogP contribution in [0.3, 0.4) is 0 Å². The van der Waals surface area contributed by atoms with Crippen LogP contribution >= 0.6 is 11.6 Å². The van der Waals surface area contributed by atoms with Crippen molar-refractivity contribution in [1.29, 1.82) is 0 Å². The van der Waals surface area contributed by atoms with Crippen molar-refractivity contribution in [2.75, 3.05) is 20.1 Å². The van der Waals surface area contributed by atoms with Crippen LogP contribution in [0.2, 0.25) is 5.02 Å². The molecule has 1 aromatic carbocycles. The maximum Gasteiger partial charge on any atom is 0.120 e. The monoisotopic (exact) mass is 255 g/mol. The van der Waals surface area contributed by atoms with E-state index < -0.39 is 5.67 Å². The van der Waals surface area contributed by atoms with E-state index in [1.54, 1.807) is 0 Å². The van der Waals surface area contributed by atoms with E-state index in [0.29, 0.717) is 17.9 Å². The van der Waals surface area contributed by atoms with Crippen LogP contribution in [0.1, 0.15) is 31.2 Å². The summed E-state index contributed by atoms with van der Waals surface area (Å²) in [5, 5.41) is 0.686. The second kappa shape index (κ2) is 4.95. The Morgan fingerprint density at radius 1 is 1.35 bits per heavy atom. The average Bonchev–Trinajstić information content (AvgIpc) is 2.32. The van der Waals surface area contributed by atoms with E-state index in [1.165, 1.54) is 0 Å². The van der Waals surface area contributed by atoms with Gasteiger partial charge in [-0.15, -0.1) is 0 Å². The molecule has 0 amide bonds. The molecule has 1 aliphatic heterocycles. The minimum atomic E-state index is -1.09. The van der Waals surface area contributed by atoms with Crippen molar-refractivity contribution in [2.24, 2.45) is 0 Å². The number of alkyl halides is 1. The molecule has 1 heterocycles. The van der Waals surface area contributed by atoms with Gasteiger partial charge in [0.15, 0.2) is 0 Å². The van der Waals surface area contributed by atoms with Gasteiger partial charge in [0, 0.05) is 24.0 Å². The van der Waals surface area contributed by atoms with E-state index in [0.717, 1.165) is 18.7 Å². The van der Waals surface area contributed by atoms with Gasteiger partial charge in [-0.3, -0.25) is 0 Å². The Kier molecular flexibility index (Phi) is 3.74. The highest BCUT2D eigenvalue weighted by Crippen LogP contribution is 2.40. The normalized spacial score (nSPS) is 22.4. The maximum absolute atomic E-state index is 14.9. The van der Waals surface area contributed by atoms with Crippen LogP contribution in [-0.2, 0) is 0 Å². The SMILES string of the molecule is CC(c1cccc(Cl)c1)C1(F)CCN(C)CC1. The Labute approximate surface area is 108 Å². The summed E-state index contributed by atoms with van der Waals surface area (Å²) in [6.45, 7) is 3.64. The number of benzene rings is 1. The van der Waals surface area contributed by atoms with Crippen LogP contribution in [0.4, 0.5) is 4.39 Å². The van der Waals surface area contributed by atoms with Gasteiger partial charge in [-0.2, -0.15) is 0 Å². The lowest BCUT2D eigenvalue weighted by Gasteiger charge is -2.38. The highest BCUT2D eigenvalue weighted by atomic mass is 35.5. The highest BCUT2D eigenvalue weighted by molar-refractivity contribution is 6.30. The number of hydrogen-bond donors (Lipinski definition) is 0. The Bertz CT molecular complexity index is 386. The summed E-state index contributed by atoms with van der Waals surface area (Å²) < 4.78 is 14.9. The first kappa shape index (κ1) is 12.8. The summed E-state index contributed by atoms with van der Waals surface area (Å²) in [6, 6.07) is 7.58. The second-order valence-corrected chi connectivity index (χ2v) is 5.55. The van der Waals surface area contributed by atoms with Gasteiger partial charge < -0.3 is 4.90 Å². The minimum Gasteiger partial charge on any atom is -0.306 e. The summed E-state index contributed by atoms with van der Waals surface area (Å²) in [6.07, 6.45) is 1.22. The predicted molar refractivity (Wildman–Crippen MR) is 70.4 cm³/mol. The first-order valence-corrected chi connectivity index (χ1v) is 6.52. The molecule has 1 unspecified atom stereocenters. The van der Waals surface area contributed by atoms with Crippen LogP contribution in [0.25, 0.3) is 0 Å². The zero-order valence-electron chi connectivity index (χ0n) is 10.4. The molecule has 0 N–H and O–H groups in total. The lowest BCUT2D eigenvalue weighted by Crippen LogP contribution is -2.42. The molecular formula is C14H19ClFN. The van der Waals surface area contributed by atoms with E-state index in [1.807, 2.05) is 38.2 Å². The molecule has 1 aliphatic rings. The zero-order valence-corrected chi connectivity index (χ0v) is 11.2. The van der Waals surface area contributed by atoms with Gasteiger partial charge in [0.05, 0.1) is 0 Å². The number of likely N-dealkylation sites (tertiary alicyclic amines) is 1.